The summed E-state index contributed by atoms with van der Waals surface area (Å²) in [6.07, 6.45) is 1.45. The summed E-state index contributed by atoms with van der Waals surface area (Å²) in [5.74, 6) is 0.726. The number of benzene rings is 1. The normalized spacial score (nSPS) is 10.7. The standard InChI is InChI=1S/C16H26N2O3.ClH/c1-4-16(5-2,12-17)15(19)18-13-6-8-14(9-7-13)21-11-10-20-3;/h6-9H,4-5,10-12,17H2,1-3H3,(H,18,19);1H. The van der Waals surface area contributed by atoms with Crippen LogP contribution in [0.3, 0.4) is 0 Å². The topological polar surface area (TPSA) is 73.6 Å². The molecule has 0 heterocycles. The largest absolute Gasteiger partial charge is 0.491 e. The van der Waals surface area contributed by atoms with Crippen LogP contribution in [0.5, 0.6) is 5.75 Å². The number of amides is 1. The van der Waals surface area contributed by atoms with Crippen LogP contribution < -0.4 is 15.8 Å². The van der Waals surface area contributed by atoms with Crippen LogP contribution >= 0.6 is 12.4 Å². The molecule has 1 aromatic rings. The Hall–Kier alpha value is -1.30. The molecule has 0 aromatic heterocycles. The van der Waals surface area contributed by atoms with Gasteiger partial charge in [0.25, 0.3) is 0 Å². The van der Waals surface area contributed by atoms with Crippen LogP contribution in [-0.4, -0.2) is 32.8 Å². The van der Waals surface area contributed by atoms with Crippen molar-refractivity contribution in [1.82, 2.24) is 0 Å². The molecule has 0 atom stereocenters. The molecule has 22 heavy (non-hydrogen) atoms. The average Bonchev–Trinajstić information content (AvgIpc) is 2.51. The minimum Gasteiger partial charge on any atom is -0.491 e. The number of methoxy groups -OCH3 is 1. The number of ether oxygens (including phenoxy) is 2. The van der Waals surface area contributed by atoms with Crippen LogP contribution in [0.15, 0.2) is 24.3 Å². The second-order valence-electron chi connectivity index (χ2n) is 5.01. The van der Waals surface area contributed by atoms with Gasteiger partial charge in [-0.3, -0.25) is 4.79 Å². The molecule has 0 unspecified atom stereocenters. The summed E-state index contributed by atoms with van der Waals surface area (Å²) in [5.41, 5.74) is 6.04. The molecule has 5 nitrogen and oxygen atoms in total. The third kappa shape index (κ3) is 5.48. The van der Waals surface area contributed by atoms with Gasteiger partial charge in [0.05, 0.1) is 12.0 Å². The minimum absolute atomic E-state index is 0. The summed E-state index contributed by atoms with van der Waals surface area (Å²) in [7, 11) is 1.63. The first-order valence-corrected chi connectivity index (χ1v) is 7.35. The van der Waals surface area contributed by atoms with E-state index in [9.17, 15) is 4.79 Å². The Balaban J connectivity index is 0.00000441. The lowest BCUT2D eigenvalue weighted by atomic mass is 9.81. The van der Waals surface area contributed by atoms with E-state index < -0.39 is 5.41 Å². The fourth-order valence-corrected chi connectivity index (χ4v) is 2.09. The Morgan fingerprint density at radius 3 is 2.23 bits per heavy atom. The predicted octanol–water partition coefficient (Wildman–Crippen LogP) is 2.84. The molecule has 126 valence electrons. The predicted molar refractivity (Wildman–Crippen MR) is 91.8 cm³/mol. The van der Waals surface area contributed by atoms with Crippen LogP contribution in [0.25, 0.3) is 0 Å². The third-order valence-electron chi connectivity index (χ3n) is 3.89. The van der Waals surface area contributed by atoms with Gasteiger partial charge in [-0.25, -0.2) is 0 Å². The monoisotopic (exact) mass is 330 g/mol. The zero-order chi connectivity index (χ0) is 15.7. The summed E-state index contributed by atoms with van der Waals surface area (Å²) >= 11 is 0. The third-order valence-corrected chi connectivity index (χ3v) is 3.89. The Morgan fingerprint density at radius 1 is 1.18 bits per heavy atom. The number of carbonyl (C=O) groups is 1. The molecule has 6 heteroatoms. The Labute approximate surface area is 139 Å². The zero-order valence-electron chi connectivity index (χ0n) is 13.6. The van der Waals surface area contributed by atoms with Crippen LogP contribution in [-0.2, 0) is 9.53 Å². The highest BCUT2D eigenvalue weighted by molar-refractivity contribution is 5.95. The van der Waals surface area contributed by atoms with E-state index >= 15 is 0 Å². The number of halogens is 1. The van der Waals surface area contributed by atoms with E-state index in [1.54, 1.807) is 7.11 Å². The van der Waals surface area contributed by atoms with Gasteiger partial charge >= 0.3 is 0 Å². The van der Waals surface area contributed by atoms with Crippen LogP contribution in [0.1, 0.15) is 26.7 Å². The molecule has 0 radical (unpaired) electrons. The number of nitrogens with one attached hydrogen (secondary N) is 1. The fraction of sp³-hybridized carbons (Fsp3) is 0.562. The number of hydrogen-bond donors (Lipinski definition) is 2. The van der Waals surface area contributed by atoms with Gasteiger partial charge in [0.15, 0.2) is 0 Å². The molecule has 3 N–H and O–H groups in total. The lowest BCUT2D eigenvalue weighted by Gasteiger charge is -2.28. The zero-order valence-corrected chi connectivity index (χ0v) is 14.4. The van der Waals surface area contributed by atoms with Crippen molar-refractivity contribution in [2.24, 2.45) is 11.1 Å². The van der Waals surface area contributed by atoms with Gasteiger partial charge in [-0.2, -0.15) is 0 Å². The highest BCUT2D eigenvalue weighted by Gasteiger charge is 2.33. The fourth-order valence-electron chi connectivity index (χ4n) is 2.09. The molecule has 0 aliphatic carbocycles. The highest BCUT2D eigenvalue weighted by Crippen LogP contribution is 2.27. The number of hydrogen-bond acceptors (Lipinski definition) is 4. The van der Waals surface area contributed by atoms with E-state index in [0.29, 0.717) is 19.8 Å². The van der Waals surface area contributed by atoms with Gasteiger partial charge in [-0.1, -0.05) is 13.8 Å². The molecule has 1 rings (SSSR count). The maximum Gasteiger partial charge on any atom is 0.231 e. The quantitative estimate of drug-likeness (QED) is 0.683. The van der Waals surface area contributed by atoms with Crippen LogP contribution in [0.4, 0.5) is 5.69 Å². The maximum absolute atomic E-state index is 12.4. The maximum atomic E-state index is 12.4. The number of rotatable bonds is 9. The lowest BCUT2D eigenvalue weighted by molar-refractivity contribution is -0.125. The van der Waals surface area contributed by atoms with Crippen molar-refractivity contribution in [2.45, 2.75) is 26.7 Å². The van der Waals surface area contributed by atoms with Gasteiger partial charge in [0.1, 0.15) is 12.4 Å². The first kappa shape index (κ1) is 20.7. The lowest BCUT2D eigenvalue weighted by Crippen LogP contribution is -2.41. The van der Waals surface area contributed by atoms with Crippen molar-refractivity contribution < 1.29 is 14.3 Å². The summed E-state index contributed by atoms with van der Waals surface area (Å²) in [5, 5.41) is 2.93. The van der Waals surface area contributed by atoms with Gasteiger partial charge in [-0.05, 0) is 37.1 Å². The molecule has 0 aliphatic rings. The van der Waals surface area contributed by atoms with E-state index in [-0.39, 0.29) is 18.3 Å². The van der Waals surface area contributed by atoms with Gasteiger partial charge in [-0.15, -0.1) is 12.4 Å². The summed E-state index contributed by atoms with van der Waals surface area (Å²) in [6.45, 7) is 5.38. The number of anilines is 1. The summed E-state index contributed by atoms with van der Waals surface area (Å²) < 4.78 is 10.4. The van der Waals surface area contributed by atoms with E-state index in [4.69, 9.17) is 15.2 Å². The Bertz CT molecular complexity index is 425. The van der Waals surface area contributed by atoms with Crippen LogP contribution in [0.2, 0.25) is 0 Å². The molecule has 0 fully saturated rings. The summed E-state index contributed by atoms with van der Waals surface area (Å²) in [6, 6.07) is 7.31. The van der Waals surface area contributed by atoms with Crippen molar-refractivity contribution in [3.8, 4) is 5.75 Å². The molecule has 0 bridgehead atoms. The minimum atomic E-state index is -0.492. The van der Waals surface area contributed by atoms with Crippen molar-refractivity contribution in [3.05, 3.63) is 24.3 Å². The molecule has 0 aliphatic heterocycles. The van der Waals surface area contributed by atoms with Crippen molar-refractivity contribution in [1.29, 1.82) is 0 Å². The van der Waals surface area contributed by atoms with Gasteiger partial charge in [0, 0.05) is 19.3 Å². The highest BCUT2D eigenvalue weighted by atomic mass is 35.5. The van der Waals surface area contributed by atoms with Gasteiger partial charge in [0.2, 0.25) is 5.91 Å². The number of carbonyl (C=O) groups excluding carboxylic acids is 1. The smallest absolute Gasteiger partial charge is 0.231 e. The molecule has 0 spiro atoms. The van der Waals surface area contributed by atoms with Crippen LogP contribution in [0, 0.1) is 5.41 Å². The molecule has 1 aromatic carbocycles. The van der Waals surface area contributed by atoms with Crippen molar-refractivity contribution in [2.75, 3.05) is 32.2 Å². The van der Waals surface area contributed by atoms with Gasteiger partial charge < -0.3 is 20.5 Å². The van der Waals surface area contributed by atoms with E-state index in [0.717, 1.165) is 24.3 Å². The number of nitrogens with two attached hydrogens (primary N) is 1. The molecule has 0 saturated carbocycles. The average molecular weight is 331 g/mol. The Kier molecular flexibility index (Phi) is 9.81. The Morgan fingerprint density at radius 2 is 1.77 bits per heavy atom. The van der Waals surface area contributed by atoms with E-state index in [1.807, 2.05) is 38.1 Å². The second kappa shape index (κ2) is 10.4. The van der Waals surface area contributed by atoms with E-state index in [1.165, 1.54) is 0 Å². The molecule has 1 amide bonds. The van der Waals surface area contributed by atoms with Crippen molar-refractivity contribution >= 4 is 24.0 Å². The SMILES string of the molecule is CCC(CC)(CN)C(=O)Nc1ccc(OCCOC)cc1.Cl. The van der Waals surface area contributed by atoms with Crippen molar-refractivity contribution in [3.63, 3.8) is 0 Å². The van der Waals surface area contributed by atoms with E-state index in [2.05, 4.69) is 5.32 Å². The molecular weight excluding hydrogens is 304 g/mol. The summed E-state index contributed by atoms with van der Waals surface area (Å²) in [4.78, 5) is 12.4. The second-order valence-corrected chi connectivity index (χ2v) is 5.01. The first-order chi connectivity index (χ1) is 10.1. The molecule has 0 saturated heterocycles. The first-order valence-electron chi connectivity index (χ1n) is 7.35. The molecular formula is C16H27ClN2O3.